The van der Waals surface area contributed by atoms with E-state index in [0.717, 1.165) is 57.3 Å². The molecule has 52 heavy (non-hydrogen) atoms. The van der Waals surface area contributed by atoms with Crippen LogP contribution in [0.2, 0.25) is 0 Å². The van der Waals surface area contributed by atoms with E-state index in [9.17, 15) is 23.3 Å². The first-order chi connectivity index (χ1) is 25.2. The molecule has 5 aliphatic rings. The molecule has 0 saturated carbocycles. The number of nitro benzene ring substituents is 1. The lowest BCUT2D eigenvalue weighted by Crippen LogP contribution is -2.46. The van der Waals surface area contributed by atoms with Crippen LogP contribution in [-0.2, 0) is 21.3 Å². The summed E-state index contributed by atoms with van der Waals surface area (Å²) in [5.74, 6) is 0.791. The van der Waals surface area contributed by atoms with Gasteiger partial charge in [0, 0.05) is 75.7 Å². The smallest absolute Gasteiger partial charge is 0.293 e. The van der Waals surface area contributed by atoms with Gasteiger partial charge in [0.2, 0.25) is 0 Å². The third kappa shape index (κ3) is 6.99. The molecule has 272 valence electrons. The largest absolute Gasteiger partial charge is 0.381 e. The van der Waals surface area contributed by atoms with Gasteiger partial charge in [0.25, 0.3) is 21.6 Å². The average Bonchev–Trinajstić information content (AvgIpc) is 3.90. The summed E-state index contributed by atoms with van der Waals surface area (Å²) >= 11 is 0. The number of piperazine rings is 1. The standard InChI is InChI=1S/C40H45N5O6S/c46-40(42-52(49,50)32-12-13-38(39(24-32)45(47)48)41-25-27-14-20-51-21-15-27)28-8-10-31(11-9-28)44-18-16-43(17-19-44)26-29-4-1-2-5-33(29)36-22-30-23-37(36)35-7-3-6-34(30)35/h1-2,4-5,8-13,22,24,27,30,37,41H,3,6-7,14-21,23,25-26H2,(H,42,46). The van der Waals surface area contributed by atoms with E-state index in [1.54, 1.807) is 28.9 Å². The van der Waals surface area contributed by atoms with Gasteiger partial charge in [-0.1, -0.05) is 41.5 Å². The Morgan fingerprint density at radius 3 is 2.46 bits per heavy atom. The second kappa shape index (κ2) is 14.5. The molecule has 2 N–H and O–H groups in total. The van der Waals surface area contributed by atoms with E-state index < -0.39 is 20.9 Å². The first-order valence-corrected chi connectivity index (χ1v) is 20.0. The number of benzene rings is 3. The van der Waals surface area contributed by atoms with Crippen LogP contribution >= 0.6 is 0 Å². The molecule has 0 radical (unpaired) electrons. The zero-order chi connectivity index (χ0) is 35.8. The van der Waals surface area contributed by atoms with E-state index in [4.69, 9.17) is 4.74 Å². The van der Waals surface area contributed by atoms with Crippen molar-refractivity contribution < 1.29 is 22.9 Å². The molecule has 0 aromatic heterocycles. The highest BCUT2D eigenvalue weighted by Crippen LogP contribution is 2.56. The van der Waals surface area contributed by atoms with E-state index in [-0.39, 0.29) is 21.8 Å². The van der Waals surface area contributed by atoms with Gasteiger partial charge in [0.15, 0.2) is 0 Å². The maximum atomic E-state index is 13.1. The predicted octanol–water partition coefficient (Wildman–Crippen LogP) is 6.39. The van der Waals surface area contributed by atoms with Crippen LogP contribution in [0.5, 0.6) is 0 Å². The van der Waals surface area contributed by atoms with Crippen LogP contribution in [0.4, 0.5) is 17.1 Å². The second-order valence-corrected chi connectivity index (χ2v) is 16.4. The topological polar surface area (TPSA) is 134 Å². The number of allylic oxidation sites excluding steroid dienone is 4. The zero-order valence-electron chi connectivity index (χ0n) is 29.3. The molecule has 8 rings (SSSR count). The monoisotopic (exact) mass is 723 g/mol. The summed E-state index contributed by atoms with van der Waals surface area (Å²) in [5, 5.41) is 14.9. The minimum Gasteiger partial charge on any atom is -0.381 e. The molecular formula is C40H45N5O6S. The van der Waals surface area contributed by atoms with Gasteiger partial charge in [-0.25, -0.2) is 13.1 Å². The van der Waals surface area contributed by atoms with Crippen molar-refractivity contribution in [3.8, 4) is 0 Å². The molecule has 2 saturated heterocycles. The molecule has 3 aromatic carbocycles. The van der Waals surface area contributed by atoms with Crippen molar-refractivity contribution in [3.63, 3.8) is 0 Å². The van der Waals surface area contributed by atoms with Crippen molar-refractivity contribution in [1.82, 2.24) is 9.62 Å². The first kappa shape index (κ1) is 34.6. The Balaban J connectivity index is 0.860. The molecule has 3 aromatic rings. The molecule has 2 heterocycles. The Bertz CT molecular complexity index is 2030. The van der Waals surface area contributed by atoms with E-state index in [1.165, 1.54) is 48.9 Å². The summed E-state index contributed by atoms with van der Waals surface area (Å²) in [7, 11) is -4.36. The lowest BCUT2D eigenvalue weighted by Gasteiger charge is -2.36. The summed E-state index contributed by atoms with van der Waals surface area (Å²) < 4.78 is 33.7. The van der Waals surface area contributed by atoms with Crippen LogP contribution < -0.4 is 14.9 Å². The van der Waals surface area contributed by atoms with E-state index in [1.807, 2.05) is 12.1 Å². The summed E-state index contributed by atoms with van der Waals surface area (Å²) in [6.07, 6.45) is 9.43. The van der Waals surface area contributed by atoms with E-state index in [0.29, 0.717) is 37.5 Å². The van der Waals surface area contributed by atoms with Gasteiger partial charge < -0.3 is 15.0 Å². The Hall–Kier alpha value is -4.52. The van der Waals surface area contributed by atoms with Crippen LogP contribution in [0.1, 0.15) is 60.0 Å². The van der Waals surface area contributed by atoms with Crippen molar-refractivity contribution in [1.29, 1.82) is 0 Å². The lowest BCUT2D eigenvalue weighted by molar-refractivity contribution is -0.384. The summed E-state index contributed by atoms with van der Waals surface area (Å²) in [6.45, 7) is 6.23. The fourth-order valence-corrected chi connectivity index (χ4v) is 9.83. The second-order valence-electron chi connectivity index (χ2n) is 14.7. The third-order valence-corrected chi connectivity index (χ3v) is 13.0. The van der Waals surface area contributed by atoms with Crippen molar-refractivity contribution in [2.45, 2.75) is 50.0 Å². The molecule has 0 spiro atoms. The van der Waals surface area contributed by atoms with Gasteiger partial charge in [0.05, 0.1) is 9.82 Å². The van der Waals surface area contributed by atoms with Gasteiger partial charge >= 0.3 is 0 Å². The number of carbonyl (C=O) groups is 1. The molecule has 2 unspecified atom stereocenters. The molecule has 2 fully saturated rings. The molecule has 1 amide bonds. The van der Waals surface area contributed by atoms with E-state index in [2.05, 4.69) is 50.2 Å². The van der Waals surface area contributed by atoms with Crippen LogP contribution in [0.15, 0.2) is 88.8 Å². The SMILES string of the molecule is O=C(NS(=O)(=O)c1ccc(NCC2CCOCC2)c([N+](=O)[O-])c1)c1ccc(N2CCN(Cc3ccccc3C3=CC4CC3C3=C4CCC3)CC2)cc1. The quantitative estimate of drug-likeness (QED) is 0.131. The summed E-state index contributed by atoms with van der Waals surface area (Å²) in [4.78, 5) is 28.7. The molecule has 2 atom stereocenters. The number of sulfonamides is 1. The Labute approximate surface area is 304 Å². The van der Waals surface area contributed by atoms with Crippen molar-refractivity contribution in [2.75, 3.05) is 56.2 Å². The molecule has 2 aliphatic heterocycles. The van der Waals surface area contributed by atoms with Crippen LogP contribution in [0.3, 0.4) is 0 Å². The highest BCUT2D eigenvalue weighted by Gasteiger charge is 2.42. The maximum Gasteiger partial charge on any atom is 0.293 e. The van der Waals surface area contributed by atoms with Crippen molar-refractivity contribution >= 4 is 38.6 Å². The summed E-state index contributed by atoms with van der Waals surface area (Å²) in [5.41, 5.74) is 8.85. The Morgan fingerprint density at radius 2 is 1.69 bits per heavy atom. The van der Waals surface area contributed by atoms with Crippen LogP contribution in [0.25, 0.3) is 5.57 Å². The van der Waals surface area contributed by atoms with Gasteiger partial charge in [-0.3, -0.25) is 19.8 Å². The maximum absolute atomic E-state index is 13.1. The van der Waals surface area contributed by atoms with Gasteiger partial charge in [-0.05, 0) is 103 Å². The number of nitro groups is 1. The lowest BCUT2D eigenvalue weighted by atomic mass is 9.86. The number of hydrogen-bond donors (Lipinski definition) is 2. The average molecular weight is 724 g/mol. The molecule has 2 bridgehead atoms. The van der Waals surface area contributed by atoms with E-state index >= 15 is 0 Å². The van der Waals surface area contributed by atoms with Gasteiger partial charge in [-0.15, -0.1) is 0 Å². The predicted molar refractivity (Wildman–Crippen MR) is 201 cm³/mol. The zero-order valence-corrected chi connectivity index (χ0v) is 30.1. The number of carbonyl (C=O) groups excluding carboxylic acids is 1. The fourth-order valence-electron chi connectivity index (χ4n) is 8.84. The number of hydrogen-bond acceptors (Lipinski definition) is 9. The minimum atomic E-state index is -4.36. The molecule has 3 aliphatic carbocycles. The minimum absolute atomic E-state index is 0.183. The highest BCUT2D eigenvalue weighted by molar-refractivity contribution is 7.90. The Morgan fingerprint density at radius 1 is 0.942 bits per heavy atom. The number of nitrogens with zero attached hydrogens (tertiary/aromatic N) is 3. The third-order valence-electron chi connectivity index (χ3n) is 11.6. The summed E-state index contributed by atoms with van der Waals surface area (Å²) in [6, 6.07) is 19.5. The molecule has 12 heteroatoms. The normalized spacial score (nSPS) is 22.0. The number of nitrogens with one attached hydrogen (secondary N) is 2. The van der Waals surface area contributed by atoms with Crippen molar-refractivity contribution in [2.24, 2.45) is 17.8 Å². The van der Waals surface area contributed by atoms with Gasteiger partial charge in [0.1, 0.15) is 5.69 Å². The molecule has 11 nitrogen and oxygen atoms in total. The first-order valence-electron chi connectivity index (χ1n) is 18.5. The fraction of sp³-hybridized carbons (Fsp3) is 0.425. The molecular weight excluding hydrogens is 679 g/mol. The van der Waals surface area contributed by atoms with Crippen LogP contribution in [0, 0.1) is 27.9 Å². The number of fused-ring (bicyclic) bond motifs is 4. The number of ether oxygens (including phenoxy) is 1. The number of anilines is 2. The number of rotatable bonds is 11. The highest BCUT2D eigenvalue weighted by atomic mass is 32.2. The van der Waals surface area contributed by atoms with Gasteiger partial charge in [-0.2, -0.15) is 0 Å². The van der Waals surface area contributed by atoms with Crippen LogP contribution in [-0.4, -0.2) is 70.1 Å². The van der Waals surface area contributed by atoms with Crippen molar-refractivity contribution in [3.05, 3.63) is 111 Å². The number of amides is 1. The Kier molecular flexibility index (Phi) is 9.62.